The summed E-state index contributed by atoms with van der Waals surface area (Å²) in [6.07, 6.45) is -1.22. The fourth-order valence-corrected chi connectivity index (χ4v) is 2.30. The maximum atomic E-state index is 13.7. The molecule has 0 saturated heterocycles. The average Bonchev–Trinajstić information content (AvgIpc) is 3.09. The first kappa shape index (κ1) is 18.2. The summed E-state index contributed by atoms with van der Waals surface area (Å²) in [6.45, 7) is -0.368. The van der Waals surface area contributed by atoms with Crippen molar-refractivity contribution in [2.45, 2.75) is 6.61 Å². The van der Waals surface area contributed by atoms with E-state index in [1.807, 2.05) is 0 Å². The van der Waals surface area contributed by atoms with Crippen molar-refractivity contribution in [2.24, 2.45) is 0 Å². The van der Waals surface area contributed by atoms with E-state index < -0.39 is 35.0 Å². The SMILES string of the molecule is O=C(NC(=O)c1c(F)cccc1F)OCc1ccc(-c2ccccc2F)o1. The number of amides is 2. The monoisotopic (exact) mass is 375 g/mol. The molecule has 0 aliphatic rings. The van der Waals surface area contributed by atoms with E-state index in [9.17, 15) is 22.8 Å². The lowest BCUT2D eigenvalue weighted by molar-refractivity contribution is 0.0896. The topological polar surface area (TPSA) is 68.5 Å². The lowest BCUT2D eigenvalue weighted by Gasteiger charge is -2.06. The van der Waals surface area contributed by atoms with Crippen molar-refractivity contribution in [1.82, 2.24) is 5.32 Å². The Balaban J connectivity index is 1.60. The van der Waals surface area contributed by atoms with Gasteiger partial charge in [0.05, 0.1) is 5.56 Å². The highest BCUT2D eigenvalue weighted by Crippen LogP contribution is 2.25. The van der Waals surface area contributed by atoms with Crippen LogP contribution in [0.5, 0.6) is 0 Å². The third-order valence-corrected chi connectivity index (χ3v) is 3.55. The zero-order valence-electron chi connectivity index (χ0n) is 13.7. The minimum Gasteiger partial charge on any atom is -0.457 e. The van der Waals surface area contributed by atoms with Crippen molar-refractivity contribution in [2.75, 3.05) is 0 Å². The molecule has 3 aromatic rings. The molecule has 2 amide bonds. The Morgan fingerprint density at radius 2 is 1.56 bits per heavy atom. The molecule has 0 fully saturated rings. The lowest BCUT2D eigenvalue weighted by Crippen LogP contribution is -2.32. The van der Waals surface area contributed by atoms with Crippen molar-refractivity contribution in [3.8, 4) is 11.3 Å². The van der Waals surface area contributed by atoms with Gasteiger partial charge < -0.3 is 9.15 Å². The summed E-state index contributed by atoms with van der Waals surface area (Å²) in [5.41, 5.74) is -0.660. The van der Waals surface area contributed by atoms with Crippen molar-refractivity contribution in [3.63, 3.8) is 0 Å². The van der Waals surface area contributed by atoms with Gasteiger partial charge in [-0.25, -0.2) is 18.0 Å². The molecule has 0 radical (unpaired) electrons. The van der Waals surface area contributed by atoms with Gasteiger partial charge in [-0.1, -0.05) is 18.2 Å². The Morgan fingerprint density at radius 1 is 0.889 bits per heavy atom. The summed E-state index contributed by atoms with van der Waals surface area (Å²) in [7, 11) is 0. The van der Waals surface area contributed by atoms with Crippen LogP contribution in [0, 0.1) is 17.5 Å². The number of carbonyl (C=O) groups excluding carboxylic acids is 2. The number of nitrogens with one attached hydrogen (secondary N) is 1. The number of ether oxygens (including phenoxy) is 1. The molecule has 0 bridgehead atoms. The van der Waals surface area contributed by atoms with Crippen LogP contribution in [0.4, 0.5) is 18.0 Å². The van der Waals surface area contributed by atoms with Gasteiger partial charge in [-0.15, -0.1) is 0 Å². The number of halogens is 3. The van der Waals surface area contributed by atoms with Crippen LogP contribution in [-0.2, 0) is 11.3 Å². The molecular formula is C19H12F3NO4. The van der Waals surface area contributed by atoms with E-state index in [0.717, 1.165) is 18.2 Å². The van der Waals surface area contributed by atoms with E-state index >= 15 is 0 Å². The standard InChI is InChI=1S/C19H12F3NO4/c20-13-5-2-1-4-12(13)16-9-8-11(27-16)10-26-19(25)23-18(24)17-14(21)6-3-7-15(17)22/h1-9H,10H2,(H,23,24,25). The van der Waals surface area contributed by atoms with Crippen molar-refractivity contribution in [3.05, 3.63) is 83.4 Å². The molecule has 0 aliphatic carbocycles. The van der Waals surface area contributed by atoms with E-state index in [-0.39, 0.29) is 23.7 Å². The molecule has 2 aromatic carbocycles. The van der Waals surface area contributed by atoms with Crippen LogP contribution in [-0.4, -0.2) is 12.0 Å². The maximum Gasteiger partial charge on any atom is 0.414 e. The average molecular weight is 375 g/mol. The third kappa shape index (κ3) is 4.17. The van der Waals surface area contributed by atoms with Gasteiger partial charge in [-0.2, -0.15) is 0 Å². The molecule has 1 heterocycles. The van der Waals surface area contributed by atoms with E-state index in [2.05, 4.69) is 0 Å². The van der Waals surface area contributed by atoms with Crippen molar-refractivity contribution >= 4 is 12.0 Å². The molecule has 0 aliphatic heterocycles. The summed E-state index contributed by atoms with van der Waals surface area (Å²) in [6, 6.07) is 11.8. The molecule has 138 valence electrons. The number of hydrogen-bond acceptors (Lipinski definition) is 4. The number of furan rings is 1. The Morgan fingerprint density at radius 3 is 2.26 bits per heavy atom. The Bertz CT molecular complexity index is 980. The zero-order chi connectivity index (χ0) is 19.4. The number of carbonyl (C=O) groups is 2. The smallest absolute Gasteiger partial charge is 0.414 e. The minimum absolute atomic E-state index is 0.188. The molecule has 0 atom stereocenters. The van der Waals surface area contributed by atoms with E-state index in [1.54, 1.807) is 11.4 Å². The van der Waals surface area contributed by atoms with Crippen LogP contribution >= 0.6 is 0 Å². The molecule has 1 N–H and O–H groups in total. The summed E-state index contributed by atoms with van der Waals surface area (Å²) >= 11 is 0. The number of imide groups is 1. The summed E-state index contributed by atoms with van der Waals surface area (Å²) < 4.78 is 50.9. The molecule has 0 saturated carbocycles. The second kappa shape index (κ2) is 7.77. The zero-order valence-corrected chi connectivity index (χ0v) is 13.7. The maximum absolute atomic E-state index is 13.7. The second-order valence-electron chi connectivity index (χ2n) is 5.37. The van der Waals surface area contributed by atoms with Crippen LogP contribution < -0.4 is 5.32 Å². The fourth-order valence-electron chi connectivity index (χ4n) is 2.30. The molecule has 5 nitrogen and oxygen atoms in total. The molecule has 3 rings (SSSR count). The summed E-state index contributed by atoms with van der Waals surface area (Å²) in [5, 5.41) is 1.71. The molecule has 8 heteroatoms. The van der Waals surface area contributed by atoms with E-state index in [4.69, 9.17) is 9.15 Å². The highest BCUT2D eigenvalue weighted by Gasteiger charge is 2.20. The number of alkyl carbamates (subject to hydrolysis) is 1. The highest BCUT2D eigenvalue weighted by molar-refractivity contribution is 6.03. The predicted octanol–water partition coefficient (Wildman–Crippen LogP) is 4.43. The van der Waals surface area contributed by atoms with Gasteiger partial charge in [-0.3, -0.25) is 10.1 Å². The van der Waals surface area contributed by atoms with E-state index in [0.29, 0.717) is 0 Å². The van der Waals surface area contributed by atoms with Crippen molar-refractivity contribution < 1.29 is 31.9 Å². The fraction of sp³-hybridized carbons (Fsp3) is 0.0526. The van der Waals surface area contributed by atoms with Gasteiger partial charge in [0.15, 0.2) is 6.61 Å². The normalized spacial score (nSPS) is 10.5. The van der Waals surface area contributed by atoms with Gasteiger partial charge in [-0.05, 0) is 36.4 Å². The first-order chi connectivity index (χ1) is 13.0. The number of hydrogen-bond donors (Lipinski definition) is 1. The Kier molecular flexibility index (Phi) is 5.25. The summed E-state index contributed by atoms with van der Waals surface area (Å²) in [4.78, 5) is 23.4. The Labute approximate surface area is 151 Å². The highest BCUT2D eigenvalue weighted by atomic mass is 19.1. The molecular weight excluding hydrogens is 363 g/mol. The van der Waals surface area contributed by atoms with Crippen LogP contribution in [0.3, 0.4) is 0 Å². The van der Waals surface area contributed by atoms with Crippen LogP contribution in [0.1, 0.15) is 16.1 Å². The number of rotatable bonds is 4. The minimum atomic E-state index is -1.28. The van der Waals surface area contributed by atoms with Gasteiger partial charge in [0.1, 0.15) is 34.5 Å². The lowest BCUT2D eigenvalue weighted by atomic mass is 10.1. The van der Waals surface area contributed by atoms with Crippen LogP contribution in [0.15, 0.2) is 59.0 Å². The quantitative estimate of drug-likeness (QED) is 0.733. The van der Waals surface area contributed by atoms with Crippen molar-refractivity contribution in [1.29, 1.82) is 0 Å². The molecule has 0 unspecified atom stereocenters. The largest absolute Gasteiger partial charge is 0.457 e. The van der Waals surface area contributed by atoms with Gasteiger partial charge in [0.25, 0.3) is 5.91 Å². The first-order valence-electron chi connectivity index (χ1n) is 7.71. The van der Waals surface area contributed by atoms with E-state index in [1.165, 1.54) is 30.3 Å². The van der Waals surface area contributed by atoms with Crippen LogP contribution in [0.2, 0.25) is 0 Å². The first-order valence-corrected chi connectivity index (χ1v) is 7.71. The molecule has 27 heavy (non-hydrogen) atoms. The Hall–Kier alpha value is -3.55. The predicted molar refractivity (Wildman–Crippen MR) is 88.1 cm³/mol. The molecule has 0 spiro atoms. The molecule has 1 aromatic heterocycles. The second-order valence-corrected chi connectivity index (χ2v) is 5.37. The van der Waals surface area contributed by atoms with Crippen LogP contribution in [0.25, 0.3) is 11.3 Å². The third-order valence-electron chi connectivity index (χ3n) is 3.55. The number of benzene rings is 2. The van der Waals surface area contributed by atoms with Gasteiger partial charge >= 0.3 is 6.09 Å². The van der Waals surface area contributed by atoms with Gasteiger partial charge in [0, 0.05) is 0 Å². The van der Waals surface area contributed by atoms with Gasteiger partial charge in [0.2, 0.25) is 0 Å². The summed E-state index contributed by atoms with van der Waals surface area (Å²) in [5.74, 6) is -3.55.